The number of amides is 1. The van der Waals surface area contributed by atoms with Gasteiger partial charge in [-0.1, -0.05) is 31.0 Å². The predicted molar refractivity (Wildman–Crippen MR) is 134 cm³/mol. The van der Waals surface area contributed by atoms with Gasteiger partial charge in [0.1, 0.15) is 10.7 Å². The van der Waals surface area contributed by atoms with E-state index in [0.29, 0.717) is 36.6 Å². The molecule has 1 aliphatic heterocycles. The van der Waals surface area contributed by atoms with Crippen LogP contribution < -0.4 is 5.32 Å². The molecule has 0 spiro atoms. The number of aromatic nitrogens is 2. The zero-order valence-corrected chi connectivity index (χ0v) is 21.2. The SMILES string of the molecule is Cc1ccc(F)c(NC(=O)c2ccc(Cn3nc(C)c(S(=O)(=O)N4CCCCCC4)c3C)cc2)c1. The van der Waals surface area contributed by atoms with Crippen LogP contribution in [0.4, 0.5) is 10.1 Å². The zero-order chi connectivity index (χ0) is 25.2. The summed E-state index contributed by atoms with van der Waals surface area (Å²) in [7, 11) is -3.61. The molecular formula is C26H31FN4O3S. The Morgan fingerprint density at radius 1 is 1.00 bits per heavy atom. The van der Waals surface area contributed by atoms with Gasteiger partial charge in [0.2, 0.25) is 10.0 Å². The van der Waals surface area contributed by atoms with Crippen molar-refractivity contribution in [3.63, 3.8) is 0 Å². The molecule has 1 amide bonds. The van der Waals surface area contributed by atoms with Gasteiger partial charge in [0.15, 0.2) is 0 Å². The summed E-state index contributed by atoms with van der Waals surface area (Å²) in [6.07, 6.45) is 3.86. The number of sulfonamides is 1. The van der Waals surface area contributed by atoms with Gasteiger partial charge in [0.25, 0.3) is 5.91 Å². The van der Waals surface area contributed by atoms with Gasteiger partial charge in [-0.15, -0.1) is 0 Å². The number of nitrogens with one attached hydrogen (secondary N) is 1. The quantitative estimate of drug-likeness (QED) is 0.529. The molecule has 0 unspecified atom stereocenters. The first-order chi connectivity index (χ1) is 16.7. The first-order valence-corrected chi connectivity index (χ1v) is 13.3. The van der Waals surface area contributed by atoms with Crippen LogP contribution in [0.2, 0.25) is 0 Å². The summed E-state index contributed by atoms with van der Waals surface area (Å²) in [6, 6.07) is 11.5. The van der Waals surface area contributed by atoms with E-state index in [9.17, 15) is 17.6 Å². The number of aryl methyl sites for hydroxylation is 2. The third-order valence-corrected chi connectivity index (χ3v) is 8.55. The molecule has 2 aromatic carbocycles. The van der Waals surface area contributed by atoms with Crippen LogP contribution in [0.5, 0.6) is 0 Å². The van der Waals surface area contributed by atoms with Crippen molar-refractivity contribution in [1.82, 2.24) is 14.1 Å². The fourth-order valence-corrected chi connectivity index (χ4v) is 6.37. The first-order valence-electron chi connectivity index (χ1n) is 11.9. The molecule has 35 heavy (non-hydrogen) atoms. The van der Waals surface area contributed by atoms with Crippen LogP contribution in [0.25, 0.3) is 0 Å². The molecule has 186 valence electrons. The van der Waals surface area contributed by atoms with Crippen molar-refractivity contribution in [2.24, 2.45) is 0 Å². The van der Waals surface area contributed by atoms with Gasteiger partial charge in [0.05, 0.1) is 23.6 Å². The van der Waals surface area contributed by atoms with E-state index < -0.39 is 21.7 Å². The summed E-state index contributed by atoms with van der Waals surface area (Å²) in [5.74, 6) is -0.894. The summed E-state index contributed by atoms with van der Waals surface area (Å²) >= 11 is 0. The Labute approximate surface area is 206 Å². The number of hydrogen-bond donors (Lipinski definition) is 1. The van der Waals surface area contributed by atoms with Gasteiger partial charge >= 0.3 is 0 Å². The van der Waals surface area contributed by atoms with Gasteiger partial charge in [-0.25, -0.2) is 12.8 Å². The standard InChI is InChI=1S/C26H31FN4O3S/c1-18-8-13-23(27)24(16-18)28-26(32)22-11-9-21(10-12-22)17-31-20(3)25(19(2)29-31)35(33,34)30-14-6-4-5-7-15-30/h8-13,16H,4-7,14-15,17H2,1-3H3,(H,28,32). The molecule has 9 heteroatoms. The number of halogens is 1. The number of carbonyl (C=O) groups is 1. The Morgan fingerprint density at radius 3 is 2.31 bits per heavy atom. The normalized spacial score (nSPS) is 15.1. The topological polar surface area (TPSA) is 84.3 Å². The molecule has 1 aromatic heterocycles. The third kappa shape index (κ3) is 5.46. The van der Waals surface area contributed by atoms with Crippen LogP contribution in [-0.2, 0) is 16.6 Å². The predicted octanol–water partition coefficient (Wildman–Crippen LogP) is 4.81. The fourth-order valence-electron chi connectivity index (χ4n) is 4.48. The first kappa shape index (κ1) is 25.1. The van der Waals surface area contributed by atoms with Gasteiger partial charge in [0, 0.05) is 18.7 Å². The highest BCUT2D eigenvalue weighted by molar-refractivity contribution is 7.89. The van der Waals surface area contributed by atoms with Gasteiger partial charge in [-0.3, -0.25) is 9.48 Å². The second kappa shape index (κ2) is 10.3. The lowest BCUT2D eigenvalue weighted by molar-refractivity contribution is 0.102. The monoisotopic (exact) mass is 498 g/mol. The van der Waals surface area contributed by atoms with Crippen molar-refractivity contribution in [3.05, 3.63) is 76.4 Å². The average Bonchev–Trinajstić information content (AvgIpc) is 2.99. The summed E-state index contributed by atoms with van der Waals surface area (Å²) in [5, 5.41) is 7.12. The Balaban J connectivity index is 1.50. The number of rotatable bonds is 6. The lowest BCUT2D eigenvalue weighted by Gasteiger charge is -2.20. The number of benzene rings is 2. The van der Waals surface area contributed by atoms with E-state index in [-0.39, 0.29) is 10.6 Å². The van der Waals surface area contributed by atoms with Crippen LogP contribution in [-0.4, -0.2) is 41.5 Å². The molecule has 7 nitrogen and oxygen atoms in total. The second-order valence-corrected chi connectivity index (χ2v) is 11.0. The average molecular weight is 499 g/mol. The van der Waals surface area contributed by atoms with E-state index in [2.05, 4.69) is 10.4 Å². The van der Waals surface area contributed by atoms with E-state index >= 15 is 0 Å². The number of carbonyl (C=O) groups excluding carboxylic acids is 1. The van der Waals surface area contributed by atoms with E-state index in [1.165, 1.54) is 6.07 Å². The van der Waals surface area contributed by atoms with Crippen molar-refractivity contribution in [1.29, 1.82) is 0 Å². The van der Waals surface area contributed by atoms with Crippen LogP contribution in [0.1, 0.15) is 58.6 Å². The maximum absolute atomic E-state index is 14.0. The van der Waals surface area contributed by atoms with E-state index in [1.54, 1.807) is 59.2 Å². The largest absolute Gasteiger partial charge is 0.319 e. The smallest absolute Gasteiger partial charge is 0.255 e. The summed E-state index contributed by atoms with van der Waals surface area (Å²) in [4.78, 5) is 12.9. The Kier molecular flexibility index (Phi) is 7.37. The van der Waals surface area contributed by atoms with Crippen molar-refractivity contribution in [3.8, 4) is 0 Å². The minimum absolute atomic E-state index is 0.139. The van der Waals surface area contributed by atoms with Crippen molar-refractivity contribution in [2.45, 2.75) is 57.9 Å². The minimum atomic E-state index is -3.61. The van der Waals surface area contributed by atoms with Crippen molar-refractivity contribution >= 4 is 21.6 Å². The third-order valence-electron chi connectivity index (χ3n) is 6.40. The van der Waals surface area contributed by atoms with Gasteiger partial charge in [-0.2, -0.15) is 9.40 Å². The molecule has 0 aliphatic carbocycles. The minimum Gasteiger partial charge on any atom is -0.319 e. The lowest BCUT2D eigenvalue weighted by Crippen LogP contribution is -2.32. The summed E-state index contributed by atoms with van der Waals surface area (Å²) in [5.41, 5.74) is 3.34. The molecule has 1 saturated heterocycles. The second-order valence-electron chi connectivity index (χ2n) is 9.11. The van der Waals surface area contributed by atoms with Crippen LogP contribution in [0.15, 0.2) is 47.4 Å². The Bertz CT molecular complexity index is 1330. The molecule has 0 radical (unpaired) electrons. The Hall–Kier alpha value is -3.04. The highest BCUT2D eigenvalue weighted by Gasteiger charge is 2.31. The summed E-state index contributed by atoms with van der Waals surface area (Å²) < 4.78 is 44.0. The molecular weight excluding hydrogens is 467 g/mol. The van der Waals surface area contributed by atoms with Gasteiger partial charge < -0.3 is 5.32 Å². The zero-order valence-electron chi connectivity index (χ0n) is 20.3. The van der Waals surface area contributed by atoms with E-state index in [1.807, 2.05) is 6.92 Å². The molecule has 1 aliphatic rings. The molecule has 0 saturated carbocycles. The Morgan fingerprint density at radius 2 is 1.66 bits per heavy atom. The summed E-state index contributed by atoms with van der Waals surface area (Å²) in [6.45, 7) is 6.80. The number of anilines is 1. The molecule has 1 fully saturated rings. The highest BCUT2D eigenvalue weighted by Crippen LogP contribution is 2.26. The highest BCUT2D eigenvalue weighted by atomic mass is 32.2. The molecule has 3 aromatic rings. The maximum atomic E-state index is 14.0. The van der Waals surface area contributed by atoms with E-state index in [0.717, 1.165) is 36.8 Å². The van der Waals surface area contributed by atoms with Crippen LogP contribution in [0.3, 0.4) is 0 Å². The lowest BCUT2D eigenvalue weighted by atomic mass is 10.1. The molecule has 1 N–H and O–H groups in total. The van der Waals surface area contributed by atoms with E-state index in [4.69, 9.17) is 0 Å². The van der Waals surface area contributed by atoms with Crippen LogP contribution in [0, 0.1) is 26.6 Å². The molecule has 0 bridgehead atoms. The molecule has 2 heterocycles. The van der Waals surface area contributed by atoms with Crippen molar-refractivity contribution in [2.75, 3.05) is 18.4 Å². The fraction of sp³-hybridized carbons (Fsp3) is 0.385. The maximum Gasteiger partial charge on any atom is 0.255 e. The van der Waals surface area contributed by atoms with Crippen molar-refractivity contribution < 1.29 is 17.6 Å². The number of hydrogen-bond acceptors (Lipinski definition) is 4. The molecule has 4 rings (SSSR count). The van der Waals surface area contributed by atoms with Crippen LogP contribution >= 0.6 is 0 Å². The molecule has 0 atom stereocenters. The van der Waals surface area contributed by atoms with Gasteiger partial charge in [-0.05, 0) is 69.0 Å². The number of nitrogens with zero attached hydrogens (tertiary/aromatic N) is 3.